The van der Waals surface area contributed by atoms with Crippen LogP contribution in [-0.4, -0.2) is 23.9 Å². The molecular formula is C29H36Cl2N2O2. The number of nitrogens with one attached hydrogen (secondary N) is 2. The maximum absolute atomic E-state index is 12.6. The van der Waals surface area contributed by atoms with Crippen molar-refractivity contribution in [1.82, 2.24) is 10.6 Å². The number of rotatable bonds is 6. The predicted octanol–water partition coefficient (Wildman–Crippen LogP) is 7.15. The van der Waals surface area contributed by atoms with Gasteiger partial charge in [-0.05, 0) is 117 Å². The second kappa shape index (κ2) is 11.8. The first-order chi connectivity index (χ1) is 16.8. The molecule has 2 N–H and O–H groups in total. The summed E-state index contributed by atoms with van der Waals surface area (Å²) in [7, 11) is 0. The molecule has 6 atom stereocenters. The summed E-state index contributed by atoms with van der Waals surface area (Å²) < 4.78 is 0. The zero-order valence-corrected chi connectivity index (χ0v) is 22.1. The summed E-state index contributed by atoms with van der Waals surface area (Å²) in [4.78, 5) is 25.3. The molecule has 6 heteroatoms. The van der Waals surface area contributed by atoms with E-state index in [9.17, 15) is 9.59 Å². The molecule has 0 spiro atoms. The van der Waals surface area contributed by atoms with Crippen LogP contribution in [0.2, 0.25) is 10.0 Å². The first kappa shape index (κ1) is 26.0. The van der Waals surface area contributed by atoms with E-state index in [1.54, 1.807) is 48.5 Å². The summed E-state index contributed by atoms with van der Waals surface area (Å²) in [5.41, 5.74) is 1.33. The molecule has 0 heterocycles. The molecule has 4 rings (SSSR count). The molecule has 4 nitrogen and oxygen atoms in total. The zero-order chi connectivity index (χ0) is 24.9. The van der Waals surface area contributed by atoms with Crippen molar-refractivity contribution >= 4 is 35.0 Å². The summed E-state index contributed by atoms with van der Waals surface area (Å²) in [5, 5.41) is 7.78. The Hall–Kier alpha value is -2.04. The minimum Gasteiger partial charge on any atom is -0.349 e. The van der Waals surface area contributed by atoms with E-state index in [4.69, 9.17) is 23.2 Å². The number of amides is 2. The fraction of sp³-hybridized carbons (Fsp3) is 0.517. The van der Waals surface area contributed by atoms with Crippen molar-refractivity contribution in [1.29, 1.82) is 0 Å². The molecule has 2 aromatic carbocycles. The molecule has 2 aliphatic carbocycles. The van der Waals surface area contributed by atoms with Gasteiger partial charge in [-0.1, -0.05) is 37.0 Å². The van der Waals surface area contributed by atoms with Gasteiger partial charge >= 0.3 is 0 Å². The van der Waals surface area contributed by atoms with Gasteiger partial charge in [-0.15, -0.1) is 0 Å². The van der Waals surface area contributed by atoms with Crippen LogP contribution in [0.1, 0.15) is 79.5 Å². The molecule has 0 radical (unpaired) electrons. The molecule has 2 fully saturated rings. The summed E-state index contributed by atoms with van der Waals surface area (Å²) in [6, 6.07) is 14.6. The van der Waals surface area contributed by atoms with Crippen LogP contribution in [0.15, 0.2) is 48.5 Å². The van der Waals surface area contributed by atoms with Crippen LogP contribution in [0.25, 0.3) is 0 Å². The fourth-order valence-electron chi connectivity index (χ4n) is 6.05. The molecule has 0 aliphatic heterocycles. The Kier molecular flexibility index (Phi) is 8.77. The number of benzene rings is 2. The Morgan fingerprint density at radius 1 is 0.686 bits per heavy atom. The molecule has 0 saturated heterocycles. The largest absolute Gasteiger partial charge is 0.349 e. The third kappa shape index (κ3) is 7.01. The highest BCUT2D eigenvalue weighted by molar-refractivity contribution is 6.31. The topological polar surface area (TPSA) is 58.2 Å². The first-order valence-electron chi connectivity index (χ1n) is 12.9. The Morgan fingerprint density at radius 2 is 1.06 bits per heavy atom. The van der Waals surface area contributed by atoms with Gasteiger partial charge in [0.2, 0.25) is 0 Å². The van der Waals surface area contributed by atoms with Crippen molar-refractivity contribution in [3.05, 3.63) is 69.7 Å². The summed E-state index contributed by atoms with van der Waals surface area (Å²) >= 11 is 11.9. The molecule has 188 valence electrons. The summed E-state index contributed by atoms with van der Waals surface area (Å²) in [6.07, 6.45) is 7.97. The van der Waals surface area contributed by atoms with E-state index >= 15 is 0 Å². The van der Waals surface area contributed by atoms with Gasteiger partial charge in [0, 0.05) is 33.3 Å². The monoisotopic (exact) mass is 514 g/mol. The number of hydrogen-bond acceptors (Lipinski definition) is 2. The van der Waals surface area contributed by atoms with Crippen molar-refractivity contribution in [2.45, 2.75) is 70.9 Å². The normalized spacial score (nSPS) is 28.8. The Bertz CT molecular complexity index is 927. The van der Waals surface area contributed by atoms with Gasteiger partial charge in [0.25, 0.3) is 11.8 Å². The van der Waals surface area contributed by atoms with Crippen LogP contribution in [0, 0.1) is 23.7 Å². The fourth-order valence-corrected chi connectivity index (χ4v) is 6.30. The highest BCUT2D eigenvalue weighted by Gasteiger charge is 2.33. The molecule has 6 unspecified atom stereocenters. The highest BCUT2D eigenvalue weighted by Crippen LogP contribution is 2.39. The van der Waals surface area contributed by atoms with Crippen LogP contribution < -0.4 is 10.6 Å². The van der Waals surface area contributed by atoms with Crippen molar-refractivity contribution in [2.75, 3.05) is 0 Å². The summed E-state index contributed by atoms with van der Waals surface area (Å²) in [6.45, 7) is 4.54. The average molecular weight is 516 g/mol. The van der Waals surface area contributed by atoms with E-state index in [1.165, 1.54) is 6.42 Å². The predicted molar refractivity (Wildman–Crippen MR) is 143 cm³/mol. The lowest BCUT2D eigenvalue weighted by molar-refractivity contribution is 0.0869. The van der Waals surface area contributed by atoms with Crippen molar-refractivity contribution in [3.8, 4) is 0 Å². The van der Waals surface area contributed by atoms with E-state index < -0.39 is 0 Å². The highest BCUT2D eigenvalue weighted by atomic mass is 35.5. The maximum Gasteiger partial charge on any atom is 0.251 e. The van der Waals surface area contributed by atoms with Gasteiger partial charge < -0.3 is 10.6 Å². The van der Waals surface area contributed by atoms with E-state index in [1.807, 2.05) is 0 Å². The standard InChI is InChI=1S/C29H36Cl2N2O2/c1-18-15-20(3-13-26(18)32-28(34)22-5-9-24(30)10-6-22)17-21-4-14-27(19(2)16-21)33-29(35)23-7-11-25(31)12-8-23/h5-12,18-21,26-27H,3-4,13-17H2,1-2H3,(H,32,34)(H,33,35). The molecule has 2 aliphatic rings. The van der Waals surface area contributed by atoms with Gasteiger partial charge in [0.1, 0.15) is 0 Å². The van der Waals surface area contributed by atoms with Gasteiger partial charge in [-0.2, -0.15) is 0 Å². The SMILES string of the molecule is CC1CC(CC2CCC(NC(=O)c3ccc(Cl)cc3)C(C)C2)CCC1NC(=O)c1ccc(Cl)cc1. The van der Waals surface area contributed by atoms with Crippen LogP contribution in [0.4, 0.5) is 0 Å². The molecule has 35 heavy (non-hydrogen) atoms. The van der Waals surface area contributed by atoms with Crippen LogP contribution in [-0.2, 0) is 0 Å². The molecular weight excluding hydrogens is 479 g/mol. The van der Waals surface area contributed by atoms with Gasteiger partial charge in [0.05, 0.1) is 0 Å². The number of carbonyl (C=O) groups excluding carboxylic acids is 2. The van der Waals surface area contributed by atoms with Gasteiger partial charge in [0.15, 0.2) is 0 Å². The van der Waals surface area contributed by atoms with Gasteiger partial charge in [-0.25, -0.2) is 0 Å². The first-order valence-corrected chi connectivity index (χ1v) is 13.7. The van der Waals surface area contributed by atoms with E-state index in [-0.39, 0.29) is 23.9 Å². The lowest BCUT2D eigenvalue weighted by Gasteiger charge is -2.39. The van der Waals surface area contributed by atoms with Crippen molar-refractivity contribution < 1.29 is 9.59 Å². The van der Waals surface area contributed by atoms with Crippen molar-refractivity contribution in [2.24, 2.45) is 23.7 Å². The van der Waals surface area contributed by atoms with E-state index in [0.29, 0.717) is 44.8 Å². The average Bonchev–Trinajstić information content (AvgIpc) is 2.83. The smallest absolute Gasteiger partial charge is 0.251 e. The maximum atomic E-state index is 12.6. The Morgan fingerprint density at radius 3 is 1.40 bits per heavy atom. The van der Waals surface area contributed by atoms with Crippen LogP contribution >= 0.6 is 23.2 Å². The molecule has 2 aromatic rings. The van der Waals surface area contributed by atoms with Crippen LogP contribution in [0.3, 0.4) is 0 Å². The quantitative estimate of drug-likeness (QED) is 0.429. The third-order valence-corrected chi connectivity index (χ3v) is 8.57. The van der Waals surface area contributed by atoms with E-state index in [0.717, 1.165) is 38.5 Å². The molecule has 2 amide bonds. The van der Waals surface area contributed by atoms with Gasteiger partial charge in [-0.3, -0.25) is 9.59 Å². The molecule has 2 saturated carbocycles. The Balaban J connectivity index is 1.21. The summed E-state index contributed by atoms with van der Waals surface area (Å²) in [5.74, 6) is 2.35. The molecule has 0 bridgehead atoms. The number of carbonyl (C=O) groups is 2. The second-order valence-corrected chi connectivity index (χ2v) is 11.6. The lowest BCUT2D eigenvalue weighted by atomic mass is 9.70. The van der Waals surface area contributed by atoms with Crippen molar-refractivity contribution in [3.63, 3.8) is 0 Å². The third-order valence-electron chi connectivity index (χ3n) is 8.07. The number of halogens is 2. The zero-order valence-electron chi connectivity index (χ0n) is 20.6. The van der Waals surface area contributed by atoms with E-state index in [2.05, 4.69) is 24.5 Å². The minimum absolute atomic E-state index is 0.00948. The van der Waals surface area contributed by atoms with Crippen LogP contribution in [0.5, 0.6) is 0 Å². The minimum atomic E-state index is -0.00948. The second-order valence-electron chi connectivity index (χ2n) is 10.7. The Labute approximate surface area is 219 Å². The number of hydrogen-bond donors (Lipinski definition) is 2. The lowest BCUT2D eigenvalue weighted by Crippen LogP contribution is -2.44. The molecule has 0 aromatic heterocycles.